The van der Waals surface area contributed by atoms with E-state index in [0.717, 1.165) is 30.0 Å². The number of piperazine rings is 1. The highest BCUT2D eigenvalue weighted by Gasteiger charge is 2.22. The third-order valence-electron chi connectivity index (χ3n) is 5.35. The SMILES string of the molecule is O=C(c1cccc(COc2ccc(Cl)cc2)c1)N1CCN(Cc2cccc(F)c2)CC1. The molecule has 0 N–H and O–H groups in total. The number of hydrogen-bond donors (Lipinski definition) is 0. The van der Waals surface area contributed by atoms with Crippen LogP contribution >= 0.6 is 11.6 Å². The van der Waals surface area contributed by atoms with Gasteiger partial charge in [0.05, 0.1) is 0 Å². The lowest BCUT2D eigenvalue weighted by atomic mass is 10.1. The molecule has 160 valence electrons. The topological polar surface area (TPSA) is 32.8 Å². The highest BCUT2D eigenvalue weighted by atomic mass is 35.5. The highest BCUT2D eigenvalue weighted by Crippen LogP contribution is 2.18. The van der Waals surface area contributed by atoms with Crippen LogP contribution in [0.5, 0.6) is 5.75 Å². The van der Waals surface area contributed by atoms with Crippen molar-refractivity contribution < 1.29 is 13.9 Å². The van der Waals surface area contributed by atoms with E-state index in [1.807, 2.05) is 47.4 Å². The lowest BCUT2D eigenvalue weighted by Gasteiger charge is -2.34. The predicted molar refractivity (Wildman–Crippen MR) is 120 cm³/mol. The summed E-state index contributed by atoms with van der Waals surface area (Å²) < 4.78 is 19.2. The average Bonchev–Trinajstić information content (AvgIpc) is 2.79. The third-order valence-corrected chi connectivity index (χ3v) is 5.60. The van der Waals surface area contributed by atoms with E-state index in [1.54, 1.807) is 24.3 Å². The molecule has 0 bridgehead atoms. The van der Waals surface area contributed by atoms with Crippen LogP contribution < -0.4 is 4.74 Å². The second kappa shape index (κ2) is 9.94. The molecule has 6 heteroatoms. The Morgan fingerprint density at radius 2 is 1.61 bits per heavy atom. The molecule has 4 nitrogen and oxygen atoms in total. The van der Waals surface area contributed by atoms with Gasteiger partial charge in [-0.3, -0.25) is 9.69 Å². The van der Waals surface area contributed by atoms with Crippen LogP contribution in [0.15, 0.2) is 72.8 Å². The van der Waals surface area contributed by atoms with E-state index in [0.29, 0.717) is 36.8 Å². The number of benzene rings is 3. The molecule has 31 heavy (non-hydrogen) atoms. The molecule has 4 rings (SSSR count). The van der Waals surface area contributed by atoms with Gasteiger partial charge < -0.3 is 9.64 Å². The molecule has 1 saturated heterocycles. The van der Waals surface area contributed by atoms with Crippen molar-refractivity contribution in [3.05, 3.63) is 100 Å². The zero-order valence-electron chi connectivity index (χ0n) is 17.1. The lowest BCUT2D eigenvalue weighted by molar-refractivity contribution is 0.0628. The number of amides is 1. The van der Waals surface area contributed by atoms with Crippen molar-refractivity contribution in [2.45, 2.75) is 13.2 Å². The molecule has 0 spiro atoms. The molecule has 0 aliphatic carbocycles. The molecule has 3 aromatic rings. The van der Waals surface area contributed by atoms with Crippen LogP contribution in [0, 0.1) is 5.82 Å². The summed E-state index contributed by atoms with van der Waals surface area (Å²) >= 11 is 5.90. The Balaban J connectivity index is 1.31. The summed E-state index contributed by atoms with van der Waals surface area (Å²) in [4.78, 5) is 17.1. The Morgan fingerprint density at radius 1 is 0.903 bits per heavy atom. The number of carbonyl (C=O) groups is 1. The van der Waals surface area contributed by atoms with Gasteiger partial charge in [0.2, 0.25) is 0 Å². The first-order valence-electron chi connectivity index (χ1n) is 10.3. The average molecular weight is 439 g/mol. The number of hydrogen-bond acceptors (Lipinski definition) is 3. The van der Waals surface area contributed by atoms with Gasteiger partial charge in [-0.15, -0.1) is 0 Å². The summed E-state index contributed by atoms with van der Waals surface area (Å²) in [6.07, 6.45) is 0. The maximum absolute atomic E-state index is 13.4. The number of carbonyl (C=O) groups excluding carboxylic acids is 1. The molecular formula is C25H24ClFN2O2. The van der Waals surface area contributed by atoms with Crippen LogP contribution in [0.1, 0.15) is 21.5 Å². The summed E-state index contributed by atoms with van der Waals surface area (Å²) in [7, 11) is 0. The lowest BCUT2D eigenvalue weighted by Crippen LogP contribution is -2.48. The van der Waals surface area contributed by atoms with E-state index in [4.69, 9.17) is 16.3 Å². The fourth-order valence-corrected chi connectivity index (χ4v) is 3.80. The largest absolute Gasteiger partial charge is 0.489 e. The van der Waals surface area contributed by atoms with Gasteiger partial charge in [0, 0.05) is 43.3 Å². The molecule has 0 radical (unpaired) electrons. The van der Waals surface area contributed by atoms with Gasteiger partial charge in [-0.2, -0.15) is 0 Å². The minimum Gasteiger partial charge on any atom is -0.489 e. The van der Waals surface area contributed by atoms with Gasteiger partial charge in [-0.1, -0.05) is 35.9 Å². The first kappa shape index (κ1) is 21.3. The monoisotopic (exact) mass is 438 g/mol. The Kier molecular flexibility index (Phi) is 6.85. The molecule has 3 aromatic carbocycles. The summed E-state index contributed by atoms with van der Waals surface area (Å²) in [5.41, 5.74) is 2.55. The van der Waals surface area contributed by atoms with Crippen molar-refractivity contribution in [2.24, 2.45) is 0 Å². The number of halogens is 2. The summed E-state index contributed by atoms with van der Waals surface area (Å²) in [5.74, 6) is 0.542. The summed E-state index contributed by atoms with van der Waals surface area (Å²) in [5, 5.41) is 0.663. The van der Waals surface area contributed by atoms with Crippen molar-refractivity contribution in [3.63, 3.8) is 0 Å². The smallest absolute Gasteiger partial charge is 0.253 e. The second-order valence-electron chi connectivity index (χ2n) is 7.64. The Bertz CT molecular complexity index is 1030. The first-order valence-corrected chi connectivity index (χ1v) is 10.7. The van der Waals surface area contributed by atoms with Crippen molar-refractivity contribution in [2.75, 3.05) is 26.2 Å². The maximum Gasteiger partial charge on any atom is 0.253 e. The fourth-order valence-electron chi connectivity index (χ4n) is 3.68. The van der Waals surface area contributed by atoms with Crippen LogP contribution in [-0.4, -0.2) is 41.9 Å². The highest BCUT2D eigenvalue weighted by molar-refractivity contribution is 6.30. The van der Waals surface area contributed by atoms with Crippen molar-refractivity contribution >= 4 is 17.5 Å². The van der Waals surface area contributed by atoms with Gasteiger partial charge in [0.1, 0.15) is 18.2 Å². The van der Waals surface area contributed by atoms with Crippen LogP contribution in [0.3, 0.4) is 0 Å². The quantitative estimate of drug-likeness (QED) is 0.542. The van der Waals surface area contributed by atoms with Gasteiger partial charge >= 0.3 is 0 Å². The van der Waals surface area contributed by atoms with Gasteiger partial charge in [-0.05, 0) is 59.7 Å². The molecule has 1 aliphatic heterocycles. The second-order valence-corrected chi connectivity index (χ2v) is 8.08. The first-order chi connectivity index (χ1) is 15.1. The minimum absolute atomic E-state index is 0.0266. The molecule has 1 aliphatic rings. The van der Waals surface area contributed by atoms with Gasteiger partial charge in [0.15, 0.2) is 0 Å². The normalized spacial score (nSPS) is 14.5. The van der Waals surface area contributed by atoms with Crippen molar-refractivity contribution in [3.8, 4) is 5.75 Å². The number of rotatable bonds is 6. The standard InChI is InChI=1S/C25H24ClFN2O2/c26-22-7-9-24(10-8-22)31-18-20-4-1-5-21(15-20)25(30)29-13-11-28(12-14-29)17-19-3-2-6-23(27)16-19/h1-10,15-16H,11-14,17-18H2. The van der Waals surface area contributed by atoms with E-state index < -0.39 is 0 Å². The van der Waals surface area contributed by atoms with E-state index in [1.165, 1.54) is 6.07 Å². The zero-order valence-corrected chi connectivity index (χ0v) is 17.9. The van der Waals surface area contributed by atoms with E-state index >= 15 is 0 Å². The molecule has 0 atom stereocenters. The van der Waals surface area contributed by atoms with E-state index in [-0.39, 0.29) is 11.7 Å². The van der Waals surface area contributed by atoms with Crippen LogP contribution in [0.25, 0.3) is 0 Å². The maximum atomic E-state index is 13.4. The number of nitrogens with zero attached hydrogens (tertiary/aromatic N) is 2. The zero-order chi connectivity index (χ0) is 21.6. The van der Waals surface area contributed by atoms with Crippen molar-refractivity contribution in [1.29, 1.82) is 0 Å². The van der Waals surface area contributed by atoms with E-state index in [2.05, 4.69) is 4.90 Å². The Morgan fingerprint density at radius 3 is 2.35 bits per heavy atom. The minimum atomic E-state index is -0.216. The van der Waals surface area contributed by atoms with Crippen molar-refractivity contribution in [1.82, 2.24) is 9.80 Å². The molecule has 1 heterocycles. The van der Waals surface area contributed by atoms with Gasteiger partial charge in [-0.25, -0.2) is 4.39 Å². The van der Waals surface area contributed by atoms with Crippen LogP contribution in [0.4, 0.5) is 4.39 Å². The molecule has 0 aromatic heterocycles. The molecule has 1 fully saturated rings. The summed E-state index contributed by atoms with van der Waals surface area (Å²) in [6, 6.07) is 21.4. The van der Waals surface area contributed by atoms with E-state index in [9.17, 15) is 9.18 Å². The van der Waals surface area contributed by atoms with Crippen LogP contribution in [-0.2, 0) is 13.2 Å². The Hall–Kier alpha value is -2.89. The molecule has 1 amide bonds. The number of ether oxygens (including phenoxy) is 1. The molecule has 0 unspecified atom stereocenters. The molecule has 0 saturated carbocycles. The Labute approximate surface area is 186 Å². The van der Waals surface area contributed by atoms with Gasteiger partial charge in [0.25, 0.3) is 5.91 Å². The van der Waals surface area contributed by atoms with Crippen LogP contribution in [0.2, 0.25) is 5.02 Å². The predicted octanol–water partition coefficient (Wildman–Crippen LogP) is 5.02. The fraction of sp³-hybridized carbons (Fsp3) is 0.240. The summed E-state index contributed by atoms with van der Waals surface area (Å²) in [6.45, 7) is 3.91. The molecular weight excluding hydrogens is 415 g/mol. The third kappa shape index (κ3) is 5.84.